The fourth-order valence-corrected chi connectivity index (χ4v) is 2.34. The van der Waals surface area contributed by atoms with Gasteiger partial charge in [0.15, 0.2) is 0 Å². The molecule has 0 aliphatic carbocycles. The van der Waals surface area contributed by atoms with Crippen LogP contribution in [-0.4, -0.2) is 29.1 Å². The Bertz CT molecular complexity index is 382. The van der Waals surface area contributed by atoms with E-state index in [4.69, 9.17) is 5.11 Å². The van der Waals surface area contributed by atoms with Crippen LogP contribution in [0.5, 0.6) is 0 Å². The Labute approximate surface area is 113 Å². The van der Waals surface area contributed by atoms with Crippen LogP contribution in [0.1, 0.15) is 24.5 Å². The minimum absolute atomic E-state index is 0.0943. The van der Waals surface area contributed by atoms with Crippen molar-refractivity contribution < 1.29 is 9.90 Å². The molecule has 0 spiro atoms. The first-order valence-electron chi connectivity index (χ1n) is 6.14. The first-order chi connectivity index (χ1) is 8.63. The number of nitrogens with one attached hydrogen (secondary N) is 1. The molecule has 1 unspecified atom stereocenters. The van der Waals surface area contributed by atoms with Gasteiger partial charge in [-0.25, -0.2) is 0 Å². The number of carbonyl (C=O) groups is 1. The Morgan fingerprint density at radius 1 is 1.39 bits per heavy atom. The molecule has 0 fully saturated rings. The average molecular weight is 267 g/mol. The number of aliphatic carboxylic acids is 1. The van der Waals surface area contributed by atoms with Gasteiger partial charge in [0.1, 0.15) is 0 Å². The number of benzene rings is 1. The van der Waals surface area contributed by atoms with E-state index in [0.29, 0.717) is 6.04 Å². The van der Waals surface area contributed by atoms with Gasteiger partial charge in [0.2, 0.25) is 0 Å². The Balaban J connectivity index is 2.53. The topological polar surface area (TPSA) is 49.3 Å². The van der Waals surface area contributed by atoms with Gasteiger partial charge in [-0.1, -0.05) is 24.3 Å². The highest BCUT2D eigenvalue weighted by Crippen LogP contribution is 2.10. The Hall–Kier alpha value is -1.00. The molecule has 2 N–H and O–H groups in total. The molecule has 0 saturated carbocycles. The summed E-state index contributed by atoms with van der Waals surface area (Å²) < 4.78 is 0. The van der Waals surface area contributed by atoms with Crippen molar-refractivity contribution in [1.82, 2.24) is 5.32 Å². The van der Waals surface area contributed by atoms with Gasteiger partial charge >= 0.3 is 5.97 Å². The third kappa shape index (κ3) is 5.56. The molecule has 1 atom stereocenters. The molecule has 0 radical (unpaired) electrons. The van der Waals surface area contributed by atoms with E-state index >= 15 is 0 Å². The normalized spacial score (nSPS) is 12.3. The summed E-state index contributed by atoms with van der Waals surface area (Å²) in [6, 6.07) is 8.17. The SMILES string of the molecule is CSCCC(C)NCc1ccccc1CC(=O)O. The van der Waals surface area contributed by atoms with Gasteiger partial charge in [-0.3, -0.25) is 4.79 Å². The second kappa shape index (κ2) is 8.16. The maximum absolute atomic E-state index is 10.8. The standard InChI is InChI=1S/C14H21NO2S/c1-11(7-8-18-2)15-10-13-6-4-3-5-12(13)9-14(16)17/h3-6,11,15H,7-10H2,1-2H3,(H,16,17). The fourth-order valence-electron chi connectivity index (χ4n) is 1.75. The van der Waals surface area contributed by atoms with Crippen LogP contribution in [0, 0.1) is 0 Å². The van der Waals surface area contributed by atoms with Gasteiger partial charge in [-0.15, -0.1) is 0 Å². The van der Waals surface area contributed by atoms with E-state index in [9.17, 15) is 4.79 Å². The van der Waals surface area contributed by atoms with E-state index in [0.717, 1.165) is 29.8 Å². The van der Waals surface area contributed by atoms with E-state index in [2.05, 4.69) is 18.5 Å². The van der Waals surface area contributed by atoms with Crippen molar-refractivity contribution in [1.29, 1.82) is 0 Å². The number of hydrogen-bond acceptors (Lipinski definition) is 3. The summed E-state index contributed by atoms with van der Waals surface area (Å²) in [6.07, 6.45) is 3.33. The van der Waals surface area contributed by atoms with E-state index < -0.39 is 5.97 Å². The highest BCUT2D eigenvalue weighted by atomic mass is 32.2. The summed E-state index contributed by atoms with van der Waals surface area (Å²) in [6.45, 7) is 2.90. The van der Waals surface area contributed by atoms with Gasteiger partial charge in [-0.2, -0.15) is 11.8 Å². The van der Waals surface area contributed by atoms with Crippen LogP contribution in [-0.2, 0) is 17.8 Å². The highest BCUT2D eigenvalue weighted by molar-refractivity contribution is 7.98. The summed E-state index contributed by atoms with van der Waals surface area (Å²) in [5, 5.41) is 12.3. The molecule has 0 aliphatic rings. The molecule has 0 heterocycles. The molecule has 1 aromatic carbocycles. The Morgan fingerprint density at radius 3 is 2.67 bits per heavy atom. The summed E-state index contributed by atoms with van der Waals surface area (Å²) in [4.78, 5) is 10.8. The van der Waals surface area contributed by atoms with Gasteiger partial charge in [0, 0.05) is 12.6 Å². The van der Waals surface area contributed by atoms with Crippen LogP contribution in [0.4, 0.5) is 0 Å². The van der Waals surface area contributed by atoms with E-state index in [-0.39, 0.29) is 6.42 Å². The molecule has 0 saturated heterocycles. The predicted octanol–water partition coefficient (Wildman–Crippen LogP) is 2.54. The Kier molecular flexibility index (Phi) is 6.83. The van der Waals surface area contributed by atoms with Crippen LogP contribution in [0.25, 0.3) is 0 Å². The summed E-state index contributed by atoms with van der Waals surface area (Å²) in [7, 11) is 0. The minimum atomic E-state index is -0.780. The molecule has 4 heteroatoms. The van der Waals surface area contributed by atoms with Gasteiger partial charge in [0.05, 0.1) is 6.42 Å². The molecular weight excluding hydrogens is 246 g/mol. The molecule has 3 nitrogen and oxygen atoms in total. The molecule has 0 bridgehead atoms. The lowest BCUT2D eigenvalue weighted by molar-refractivity contribution is -0.136. The smallest absolute Gasteiger partial charge is 0.307 e. The molecule has 100 valence electrons. The average Bonchev–Trinajstić information content (AvgIpc) is 2.34. The zero-order chi connectivity index (χ0) is 13.4. The van der Waals surface area contributed by atoms with E-state index in [1.165, 1.54) is 0 Å². The van der Waals surface area contributed by atoms with Crippen LogP contribution in [0.15, 0.2) is 24.3 Å². The predicted molar refractivity (Wildman–Crippen MR) is 77.1 cm³/mol. The van der Waals surface area contributed by atoms with Crippen LogP contribution >= 0.6 is 11.8 Å². The van der Waals surface area contributed by atoms with Crippen molar-refractivity contribution in [2.75, 3.05) is 12.0 Å². The third-order valence-corrected chi connectivity index (χ3v) is 3.50. The fraction of sp³-hybridized carbons (Fsp3) is 0.500. The lowest BCUT2D eigenvalue weighted by atomic mass is 10.0. The lowest BCUT2D eigenvalue weighted by Crippen LogP contribution is -2.26. The molecular formula is C14H21NO2S. The van der Waals surface area contributed by atoms with Crippen molar-refractivity contribution in [2.24, 2.45) is 0 Å². The number of rotatable bonds is 8. The molecule has 0 aliphatic heterocycles. The van der Waals surface area contributed by atoms with Gasteiger partial charge in [0.25, 0.3) is 0 Å². The number of carboxylic acids is 1. The van der Waals surface area contributed by atoms with Crippen LogP contribution in [0.2, 0.25) is 0 Å². The second-order valence-electron chi connectivity index (χ2n) is 4.40. The Morgan fingerprint density at radius 2 is 2.06 bits per heavy atom. The van der Waals surface area contributed by atoms with Crippen molar-refractivity contribution in [2.45, 2.75) is 32.4 Å². The van der Waals surface area contributed by atoms with Crippen LogP contribution in [0.3, 0.4) is 0 Å². The number of thioether (sulfide) groups is 1. The summed E-state index contributed by atoms with van der Waals surface area (Å²) >= 11 is 1.85. The second-order valence-corrected chi connectivity index (χ2v) is 5.39. The maximum atomic E-state index is 10.8. The lowest BCUT2D eigenvalue weighted by Gasteiger charge is -2.15. The molecule has 1 rings (SSSR count). The number of hydrogen-bond donors (Lipinski definition) is 2. The largest absolute Gasteiger partial charge is 0.481 e. The zero-order valence-corrected chi connectivity index (χ0v) is 11.8. The summed E-state index contributed by atoms with van der Waals surface area (Å²) in [5.74, 6) is 0.364. The molecule has 1 aromatic rings. The van der Waals surface area contributed by atoms with Crippen molar-refractivity contribution in [3.8, 4) is 0 Å². The maximum Gasteiger partial charge on any atom is 0.307 e. The molecule has 0 amide bonds. The third-order valence-electron chi connectivity index (χ3n) is 2.86. The van der Waals surface area contributed by atoms with Crippen molar-refractivity contribution >= 4 is 17.7 Å². The number of carboxylic acid groups (broad SMARTS) is 1. The highest BCUT2D eigenvalue weighted by Gasteiger charge is 2.07. The van der Waals surface area contributed by atoms with Crippen molar-refractivity contribution in [3.05, 3.63) is 35.4 Å². The van der Waals surface area contributed by atoms with Gasteiger partial charge in [-0.05, 0) is 36.5 Å². The molecule has 18 heavy (non-hydrogen) atoms. The quantitative estimate of drug-likeness (QED) is 0.760. The summed E-state index contributed by atoms with van der Waals surface area (Å²) in [5.41, 5.74) is 1.98. The van der Waals surface area contributed by atoms with E-state index in [1.807, 2.05) is 36.0 Å². The van der Waals surface area contributed by atoms with Gasteiger partial charge < -0.3 is 10.4 Å². The zero-order valence-electron chi connectivity index (χ0n) is 11.0. The first-order valence-corrected chi connectivity index (χ1v) is 7.53. The van der Waals surface area contributed by atoms with Crippen LogP contribution < -0.4 is 5.32 Å². The minimum Gasteiger partial charge on any atom is -0.481 e. The van der Waals surface area contributed by atoms with Crippen molar-refractivity contribution in [3.63, 3.8) is 0 Å². The monoisotopic (exact) mass is 267 g/mol. The first kappa shape index (κ1) is 15.1. The molecule has 0 aromatic heterocycles. The van der Waals surface area contributed by atoms with E-state index in [1.54, 1.807) is 0 Å².